The number of rotatable bonds is 12. The minimum absolute atomic E-state index is 0.123. The fraction of sp³-hybridized carbons (Fsp3) is 0.571. The number of guanidine groups is 1. The molecule has 2 amide bonds. The Morgan fingerprint density at radius 2 is 1.87 bits per heavy atom. The quantitative estimate of drug-likeness (QED) is 0.171. The number of amides is 2. The Morgan fingerprint density at radius 3 is 2.39 bits per heavy atom. The van der Waals surface area contributed by atoms with Crippen LogP contribution in [-0.2, 0) is 9.59 Å². The number of nitrogens with two attached hydrogens (primary N) is 1. The summed E-state index contributed by atoms with van der Waals surface area (Å²) >= 11 is 0. The van der Waals surface area contributed by atoms with Crippen molar-refractivity contribution in [3.8, 4) is 0 Å². The molecule has 0 aliphatic heterocycles. The molecule has 0 heterocycles. The molecule has 0 spiro atoms. The number of hydrogen-bond donors (Lipinski definition) is 4. The number of hydrogen-bond acceptors (Lipinski definition) is 5. The summed E-state index contributed by atoms with van der Waals surface area (Å²) in [6.07, 6.45) is 1.84. The van der Waals surface area contributed by atoms with Crippen LogP contribution >= 0.6 is 0 Å². The molecule has 0 saturated carbocycles. The highest BCUT2D eigenvalue weighted by Crippen LogP contribution is 2.23. The Kier molecular flexibility index (Phi) is 10.4. The van der Waals surface area contributed by atoms with Crippen molar-refractivity contribution in [2.75, 3.05) is 6.54 Å². The lowest BCUT2D eigenvalue weighted by Gasteiger charge is -2.31. The van der Waals surface area contributed by atoms with Gasteiger partial charge in [0.1, 0.15) is 0 Å². The maximum Gasteiger partial charge on any atom is 0.268 e. The zero-order valence-electron chi connectivity index (χ0n) is 18.7. The topological polar surface area (TPSA) is 152 Å². The molecule has 2 atom stereocenters. The van der Waals surface area contributed by atoms with Gasteiger partial charge < -0.3 is 16.4 Å². The maximum atomic E-state index is 13.2. The van der Waals surface area contributed by atoms with Crippen molar-refractivity contribution in [3.63, 3.8) is 0 Å². The van der Waals surface area contributed by atoms with E-state index in [0.29, 0.717) is 25.3 Å². The lowest BCUT2D eigenvalue weighted by atomic mass is 9.94. The van der Waals surface area contributed by atoms with Crippen LogP contribution in [0.5, 0.6) is 0 Å². The van der Waals surface area contributed by atoms with E-state index < -0.39 is 34.4 Å². The monoisotopic (exact) mass is 434 g/mol. The van der Waals surface area contributed by atoms with Gasteiger partial charge in [-0.05, 0) is 24.3 Å². The zero-order valence-corrected chi connectivity index (χ0v) is 18.7. The van der Waals surface area contributed by atoms with Crippen LogP contribution in [0.25, 0.3) is 0 Å². The van der Waals surface area contributed by atoms with Crippen molar-refractivity contribution in [2.45, 2.75) is 65.0 Å². The Labute approximate surface area is 183 Å². The fourth-order valence-electron chi connectivity index (χ4n) is 3.22. The summed E-state index contributed by atoms with van der Waals surface area (Å²) in [7, 11) is 0. The first kappa shape index (κ1) is 25.9. The standard InChI is InChI=1S/C21H34N6O4/c1-5-13-21(25-20(22)26-27(30)31,19(29)23-14-12-15(3)4)24-18(28)17(6-2)16-10-8-7-9-11-16/h7-11,15,17H,5-6,12-14H2,1-4H3,(H,23,29)(H,24,28)(H3,22,25,26)/t17-,21-/m1/s1. The van der Waals surface area contributed by atoms with E-state index >= 15 is 0 Å². The van der Waals surface area contributed by atoms with E-state index in [-0.39, 0.29) is 6.42 Å². The molecule has 0 unspecified atom stereocenters. The molecule has 0 aliphatic carbocycles. The zero-order chi connectivity index (χ0) is 23.4. The van der Waals surface area contributed by atoms with Crippen molar-refractivity contribution < 1.29 is 14.6 Å². The van der Waals surface area contributed by atoms with Gasteiger partial charge in [0.25, 0.3) is 11.9 Å². The van der Waals surface area contributed by atoms with Gasteiger partial charge >= 0.3 is 0 Å². The summed E-state index contributed by atoms with van der Waals surface area (Å²) in [5, 5.41) is 15.4. The number of benzene rings is 1. The summed E-state index contributed by atoms with van der Waals surface area (Å²) < 4.78 is 0. The smallest absolute Gasteiger partial charge is 0.268 e. The molecule has 0 bridgehead atoms. The third-order valence-electron chi connectivity index (χ3n) is 4.77. The predicted octanol–water partition coefficient (Wildman–Crippen LogP) is 2.05. The Hall–Kier alpha value is -3.17. The van der Waals surface area contributed by atoms with Crippen LogP contribution in [0.3, 0.4) is 0 Å². The van der Waals surface area contributed by atoms with Gasteiger partial charge in [-0.2, -0.15) is 0 Å². The number of nitrogens with one attached hydrogen (secondary N) is 3. The minimum atomic E-state index is -1.77. The second-order valence-electron chi connectivity index (χ2n) is 7.78. The van der Waals surface area contributed by atoms with Crippen LogP contribution in [0.15, 0.2) is 35.3 Å². The van der Waals surface area contributed by atoms with E-state index in [0.717, 1.165) is 12.0 Å². The minimum Gasteiger partial charge on any atom is -0.365 e. The highest BCUT2D eigenvalue weighted by molar-refractivity contribution is 5.95. The summed E-state index contributed by atoms with van der Waals surface area (Å²) in [5.74, 6) is -1.67. The molecular weight excluding hydrogens is 400 g/mol. The van der Waals surface area contributed by atoms with E-state index in [1.54, 1.807) is 5.43 Å². The van der Waals surface area contributed by atoms with Gasteiger partial charge in [0.15, 0.2) is 5.03 Å². The summed E-state index contributed by atoms with van der Waals surface area (Å²) in [6, 6.07) is 9.19. The van der Waals surface area contributed by atoms with Crippen molar-refractivity contribution in [3.05, 3.63) is 46.0 Å². The summed E-state index contributed by atoms with van der Waals surface area (Å²) in [4.78, 5) is 41.2. The van der Waals surface area contributed by atoms with Crippen LogP contribution < -0.4 is 21.8 Å². The van der Waals surface area contributed by atoms with Crippen molar-refractivity contribution in [1.82, 2.24) is 16.1 Å². The number of nitrogens with zero attached hydrogens (tertiary/aromatic N) is 2. The highest BCUT2D eigenvalue weighted by atomic mass is 16.7. The molecule has 0 radical (unpaired) electrons. The average molecular weight is 435 g/mol. The lowest BCUT2D eigenvalue weighted by Crippen LogP contribution is -2.60. The van der Waals surface area contributed by atoms with Gasteiger partial charge in [-0.1, -0.05) is 69.9 Å². The van der Waals surface area contributed by atoms with Crippen molar-refractivity contribution in [2.24, 2.45) is 16.6 Å². The average Bonchev–Trinajstić information content (AvgIpc) is 2.68. The van der Waals surface area contributed by atoms with E-state index in [2.05, 4.69) is 15.6 Å². The third kappa shape index (κ3) is 8.23. The lowest BCUT2D eigenvalue weighted by molar-refractivity contribution is -0.525. The van der Waals surface area contributed by atoms with Gasteiger partial charge in [-0.15, -0.1) is 0 Å². The van der Waals surface area contributed by atoms with E-state index in [4.69, 9.17) is 5.73 Å². The molecule has 31 heavy (non-hydrogen) atoms. The SMILES string of the molecule is CCC[C@](N=C(N)N[N+](=O)[O-])(NC(=O)[C@H](CC)c1ccccc1)C(=O)NCCC(C)C. The van der Waals surface area contributed by atoms with Gasteiger partial charge in [-0.25, -0.2) is 15.1 Å². The first-order valence-corrected chi connectivity index (χ1v) is 10.6. The molecular formula is C21H34N6O4. The highest BCUT2D eigenvalue weighted by Gasteiger charge is 2.41. The van der Waals surface area contributed by atoms with Crippen molar-refractivity contribution in [1.29, 1.82) is 0 Å². The Bertz CT molecular complexity index is 768. The molecule has 1 rings (SSSR count). The van der Waals surface area contributed by atoms with Crippen LogP contribution in [-0.4, -0.2) is 35.0 Å². The van der Waals surface area contributed by atoms with Gasteiger partial charge in [0.05, 0.1) is 5.92 Å². The molecule has 10 nitrogen and oxygen atoms in total. The van der Waals surface area contributed by atoms with Gasteiger partial charge in [0.2, 0.25) is 11.6 Å². The second kappa shape index (κ2) is 12.5. The third-order valence-corrected chi connectivity index (χ3v) is 4.77. The summed E-state index contributed by atoms with van der Waals surface area (Å²) in [6.45, 7) is 8.12. The van der Waals surface area contributed by atoms with E-state index in [1.165, 1.54) is 0 Å². The number of nitro groups is 1. The van der Waals surface area contributed by atoms with Crippen LogP contribution in [0.4, 0.5) is 0 Å². The van der Waals surface area contributed by atoms with Crippen molar-refractivity contribution >= 4 is 17.8 Å². The Balaban J connectivity index is 3.28. The first-order chi connectivity index (χ1) is 14.6. The number of carbonyl (C=O) groups is 2. The molecule has 0 aliphatic rings. The molecule has 10 heteroatoms. The number of aliphatic imine (C=N–C) groups is 1. The number of hydrazine groups is 1. The molecule has 172 valence electrons. The molecule has 0 fully saturated rings. The normalized spacial score (nSPS) is 14.4. The first-order valence-electron chi connectivity index (χ1n) is 10.6. The number of carbonyl (C=O) groups excluding carboxylic acids is 2. The van der Waals surface area contributed by atoms with Crippen LogP contribution in [0, 0.1) is 16.0 Å². The molecule has 0 aromatic heterocycles. The predicted molar refractivity (Wildman–Crippen MR) is 119 cm³/mol. The molecule has 1 aromatic carbocycles. The molecule has 0 saturated heterocycles. The summed E-state index contributed by atoms with van der Waals surface area (Å²) in [5.41, 5.74) is 6.45. The van der Waals surface area contributed by atoms with Gasteiger partial charge in [0, 0.05) is 13.0 Å². The second-order valence-corrected chi connectivity index (χ2v) is 7.78. The van der Waals surface area contributed by atoms with E-state index in [9.17, 15) is 19.7 Å². The van der Waals surface area contributed by atoms with Crippen LogP contribution in [0.1, 0.15) is 64.9 Å². The maximum absolute atomic E-state index is 13.2. The fourth-order valence-corrected chi connectivity index (χ4v) is 3.22. The molecule has 1 aromatic rings. The Morgan fingerprint density at radius 1 is 1.23 bits per heavy atom. The van der Waals surface area contributed by atoms with E-state index in [1.807, 2.05) is 58.0 Å². The largest absolute Gasteiger partial charge is 0.365 e. The van der Waals surface area contributed by atoms with Gasteiger partial charge in [-0.3, -0.25) is 9.59 Å². The van der Waals surface area contributed by atoms with Crippen LogP contribution in [0.2, 0.25) is 0 Å². The molecule has 5 N–H and O–H groups in total.